The Hall–Kier alpha value is -1.18. The first kappa shape index (κ1) is 20.8. The number of esters is 2. The number of aliphatic hydroxyl groups excluding tert-OH is 1. The van der Waals surface area contributed by atoms with Crippen LogP contribution in [0.3, 0.4) is 0 Å². The maximum atomic E-state index is 11.7. The highest BCUT2D eigenvalue weighted by atomic mass is 16.6. The summed E-state index contributed by atoms with van der Waals surface area (Å²) in [6.45, 7) is 7.76. The Morgan fingerprint density at radius 1 is 1.27 bits per heavy atom. The molecule has 0 fully saturated rings. The normalized spacial score (nSPS) is 14.3. The summed E-state index contributed by atoms with van der Waals surface area (Å²) in [5, 5.41) is 12.6. The molecule has 0 aliphatic rings. The quantitative estimate of drug-likeness (QED) is 0.393. The summed E-state index contributed by atoms with van der Waals surface area (Å²) in [5.41, 5.74) is 5.25. The number of nitrogens with one attached hydrogen (secondary N) is 1. The summed E-state index contributed by atoms with van der Waals surface area (Å²) >= 11 is 0. The summed E-state index contributed by atoms with van der Waals surface area (Å²) in [4.78, 5) is 22.2. The van der Waals surface area contributed by atoms with Crippen molar-refractivity contribution in [2.45, 2.75) is 64.7 Å². The minimum atomic E-state index is -0.715. The van der Waals surface area contributed by atoms with Crippen molar-refractivity contribution < 1.29 is 24.2 Å². The summed E-state index contributed by atoms with van der Waals surface area (Å²) in [6.07, 6.45) is 1.46. The van der Waals surface area contributed by atoms with Crippen molar-refractivity contribution in [1.82, 2.24) is 5.32 Å². The fourth-order valence-corrected chi connectivity index (χ4v) is 1.65. The highest BCUT2D eigenvalue weighted by molar-refractivity contribution is 5.75. The summed E-state index contributed by atoms with van der Waals surface area (Å²) < 4.78 is 9.88. The lowest BCUT2D eigenvalue weighted by molar-refractivity contribution is -0.156. The van der Waals surface area contributed by atoms with E-state index in [-0.39, 0.29) is 12.6 Å². The van der Waals surface area contributed by atoms with Crippen LogP contribution in [0.5, 0.6) is 0 Å². The monoisotopic (exact) mass is 318 g/mol. The van der Waals surface area contributed by atoms with Gasteiger partial charge >= 0.3 is 11.9 Å². The molecule has 2 atom stereocenters. The molecule has 2 unspecified atom stereocenters. The molecule has 0 saturated carbocycles. The molecule has 22 heavy (non-hydrogen) atoms. The fraction of sp³-hybridized carbons (Fsp3) is 0.867. The zero-order chi connectivity index (χ0) is 17.2. The van der Waals surface area contributed by atoms with E-state index in [1.54, 1.807) is 0 Å². The molecule has 4 N–H and O–H groups in total. The smallest absolute Gasteiger partial charge is 0.323 e. The third-order valence-corrected chi connectivity index (χ3v) is 2.69. The Labute approximate surface area is 132 Å². The molecule has 7 heteroatoms. The Morgan fingerprint density at radius 3 is 2.45 bits per heavy atom. The maximum Gasteiger partial charge on any atom is 0.323 e. The Kier molecular flexibility index (Phi) is 9.97. The van der Waals surface area contributed by atoms with Crippen molar-refractivity contribution in [2.75, 3.05) is 19.7 Å². The lowest BCUT2D eigenvalue weighted by Crippen LogP contribution is -2.37. The number of aliphatic hydroxyl groups is 1. The number of carbonyl (C=O) groups is 2. The fourth-order valence-electron chi connectivity index (χ4n) is 1.65. The molecule has 0 radical (unpaired) electrons. The second-order valence-corrected chi connectivity index (χ2v) is 6.30. The van der Waals surface area contributed by atoms with E-state index in [1.165, 1.54) is 6.92 Å². The van der Waals surface area contributed by atoms with Crippen molar-refractivity contribution >= 4 is 11.9 Å². The van der Waals surface area contributed by atoms with E-state index < -0.39 is 23.7 Å². The van der Waals surface area contributed by atoms with Crippen LogP contribution < -0.4 is 11.1 Å². The van der Waals surface area contributed by atoms with Crippen molar-refractivity contribution in [3.63, 3.8) is 0 Å². The number of carbonyl (C=O) groups excluding carboxylic acids is 2. The van der Waals surface area contributed by atoms with Gasteiger partial charge in [0.15, 0.2) is 0 Å². The summed E-state index contributed by atoms with van der Waals surface area (Å²) in [7, 11) is 0. The number of unbranched alkanes of at least 4 members (excludes halogenated alkanes) is 1. The number of ether oxygens (including phenoxy) is 2. The number of hydrogen-bond acceptors (Lipinski definition) is 7. The van der Waals surface area contributed by atoms with Gasteiger partial charge in [-0.25, -0.2) is 0 Å². The van der Waals surface area contributed by atoms with Gasteiger partial charge in [-0.05, 0) is 40.2 Å². The average molecular weight is 318 g/mol. The first-order valence-electron chi connectivity index (χ1n) is 7.62. The van der Waals surface area contributed by atoms with Crippen LogP contribution >= 0.6 is 0 Å². The van der Waals surface area contributed by atoms with Crippen LogP contribution in [0.15, 0.2) is 0 Å². The van der Waals surface area contributed by atoms with Gasteiger partial charge < -0.3 is 25.6 Å². The molecule has 0 bridgehead atoms. The first-order valence-corrected chi connectivity index (χ1v) is 7.62. The summed E-state index contributed by atoms with van der Waals surface area (Å²) in [6, 6.07) is -0.603. The maximum absolute atomic E-state index is 11.7. The molecular formula is C15H30N2O5. The molecule has 0 rings (SSSR count). The number of rotatable bonds is 10. The molecule has 0 aromatic rings. The highest BCUT2D eigenvalue weighted by Crippen LogP contribution is 2.10. The lowest BCUT2D eigenvalue weighted by atomic mass is 10.1. The van der Waals surface area contributed by atoms with Gasteiger partial charge in [0.05, 0.1) is 0 Å². The van der Waals surface area contributed by atoms with E-state index in [0.717, 1.165) is 12.8 Å². The van der Waals surface area contributed by atoms with Crippen LogP contribution in [0.25, 0.3) is 0 Å². The van der Waals surface area contributed by atoms with Crippen molar-refractivity contribution in [2.24, 2.45) is 5.73 Å². The minimum Gasteiger partial charge on any atom is -0.463 e. The van der Waals surface area contributed by atoms with Gasteiger partial charge in [-0.15, -0.1) is 0 Å². The van der Waals surface area contributed by atoms with Crippen LogP contribution in [-0.4, -0.2) is 54.5 Å². The van der Waals surface area contributed by atoms with Gasteiger partial charge in [0.25, 0.3) is 0 Å². The van der Waals surface area contributed by atoms with Gasteiger partial charge in [0.2, 0.25) is 0 Å². The lowest BCUT2D eigenvalue weighted by Gasteiger charge is -2.22. The van der Waals surface area contributed by atoms with E-state index in [0.29, 0.717) is 19.5 Å². The van der Waals surface area contributed by atoms with Crippen molar-refractivity contribution in [1.29, 1.82) is 0 Å². The van der Waals surface area contributed by atoms with Gasteiger partial charge in [-0.3, -0.25) is 9.59 Å². The van der Waals surface area contributed by atoms with Crippen LogP contribution in [0.2, 0.25) is 0 Å². The van der Waals surface area contributed by atoms with Crippen LogP contribution in [0, 0.1) is 0 Å². The Morgan fingerprint density at radius 2 is 1.91 bits per heavy atom. The van der Waals surface area contributed by atoms with E-state index in [4.69, 9.17) is 10.5 Å². The second kappa shape index (κ2) is 10.5. The number of hydrogen-bond donors (Lipinski definition) is 3. The Balaban J connectivity index is 3.60. The van der Waals surface area contributed by atoms with E-state index in [9.17, 15) is 14.7 Å². The van der Waals surface area contributed by atoms with E-state index in [1.807, 2.05) is 20.8 Å². The predicted molar refractivity (Wildman–Crippen MR) is 83.2 cm³/mol. The van der Waals surface area contributed by atoms with E-state index in [2.05, 4.69) is 10.1 Å². The number of nitrogens with two attached hydrogens (primary N) is 1. The molecule has 0 amide bonds. The van der Waals surface area contributed by atoms with Crippen molar-refractivity contribution in [3.05, 3.63) is 0 Å². The molecular weight excluding hydrogens is 288 g/mol. The SMILES string of the molecule is CC(=O)OCC(O)CNCCCCC(N)C(=O)OC(C)(C)C. The minimum absolute atomic E-state index is 0.00808. The topological polar surface area (TPSA) is 111 Å². The van der Waals surface area contributed by atoms with Crippen molar-refractivity contribution in [3.8, 4) is 0 Å². The molecule has 0 aromatic carbocycles. The van der Waals surface area contributed by atoms with Gasteiger partial charge in [-0.2, -0.15) is 0 Å². The predicted octanol–water partition coefficient (Wildman–Crippen LogP) is 0.339. The standard InChI is InChI=1S/C15H30N2O5/c1-11(18)21-10-12(19)9-17-8-6-5-7-13(16)14(20)22-15(2,3)4/h12-13,17,19H,5-10,16H2,1-4H3. The zero-order valence-corrected chi connectivity index (χ0v) is 14.1. The Bertz CT molecular complexity index is 341. The van der Waals surface area contributed by atoms with E-state index >= 15 is 0 Å². The third kappa shape index (κ3) is 12.6. The zero-order valence-electron chi connectivity index (χ0n) is 14.1. The molecule has 0 aliphatic carbocycles. The molecule has 0 aromatic heterocycles. The molecule has 0 saturated heterocycles. The first-order chi connectivity index (χ1) is 10.1. The summed E-state index contributed by atoms with van der Waals surface area (Å²) in [5.74, 6) is -0.785. The molecule has 0 heterocycles. The molecule has 0 aliphatic heterocycles. The van der Waals surface area contributed by atoms with Gasteiger partial charge in [0.1, 0.15) is 24.4 Å². The molecule has 0 spiro atoms. The molecule has 130 valence electrons. The average Bonchev–Trinajstić information content (AvgIpc) is 2.38. The third-order valence-electron chi connectivity index (χ3n) is 2.69. The largest absolute Gasteiger partial charge is 0.463 e. The van der Waals surface area contributed by atoms with Crippen LogP contribution in [0.1, 0.15) is 47.0 Å². The highest BCUT2D eigenvalue weighted by Gasteiger charge is 2.21. The molecule has 7 nitrogen and oxygen atoms in total. The van der Waals surface area contributed by atoms with Gasteiger partial charge in [-0.1, -0.05) is 6.42 Å². The van der Waals surface area contributed by atoms with Crippen LogP contribution in [-0.2, 0) is 19.1 Å². The van der Waals surface area contributed by atoms with Crippen LogP contribution in [0.4, 0.5) is 0 Å². The second-order valence-electron chi connectivity index (χ2n) is 6.30. The van der Waals surface area contributed by atoms with Gasteiger partial charge in [0, 0.05) is 13.5 Å².